The van der Waals surface area contributed by atoms with E-state index in [0.29, 0.717) is 12.1 Å². The summed E-state index contributed by atoms with van der Waals surface area (Å²) in [5.41, 5.74) is -5.44. The molecule has 0 aromatic heterocycles. The highest BCUT2D eigenvalue weighted by Gasteiger charge is 2.59. The smallest absolute Gasteiger partial charge is 0.416 e. The molecule has 1 heterocycles. The molecule has 32 heavy (non-hydrogen) atoms. The van der Waals surface area contributed by atoms with E-state index in [0.717, 1.165) is 7.11 Å². The second-order valence-electron chi connectivity index (χ2n) is 7.43. The normalized spacial score (nSPS) is 24.1. The van der Waals surface area contributed by atoms with Crippen LogP contribution >= 0.6 is 0 Å². The first kappa shape index (κ1) is 25.5. The van der Waals surface area contributed by atoms with E-state index >= 15 is 0 Å². The zero-order valence-electron chi connectivity index (χ0n) is 16.9. The first-order chi connectivity index (χ1) is 14.7. The fraction of sp³-hybridized carbons (Fsp3) is 0.500. The third kappa shape index (κ3) is 4.82. The Morgan fingerprint density at radius 2 is 1.91 bits per heavy atom. The Bertz CT molecular complexity index is 950. The second-order valence-corrected chi connectivity index (χ2v) is 7.43. The van der Waals surface area contributed by atoms with E-state index in [9.17, 15) is 45.9 Å². The van der Waals surface area contributed by atoms with Gasteiger partial charge in [0.05, 0.1) is 29.9 Å². The van der Waals surface area contributed by atoms with E-state index in [1.165, 1.54) is 6.92 Å². The molecule has 0 spiro atoms. The number of ether oxygens (including phenoxy) is 1. The molecule has 0 saturated heterocycles. The van der Waals surface area contributed by atoms with E-state index < -0.39 is 77.7 Å². The molecule has 1 aromatic rings. The number of methoxy groups -OCH3 is 1. The van der Waals surface area contributed by atoms with Crippen molar-refractivity contribution < 1.29 is 45.4 Å². The molecule has 0 saturated carbocycles. The molecule has 1 aliphatic heterocycles. The average Bonchev–Trinajstić information content (AvgIpc) is 2.65. The third-order valence-electron chi connectivity index (χ3n) is 5.53. The SMILES string of the molecule is COCC1NC(C)=C(C#N)C(c2ccc(F)cc2C(F)(F)F)C1(CCC(F)(F)F)C(=O)O. The summed E-state index contributed by atoms with van der Waals surface area (Å²) in [5, 5.41) is 22.4. The predicted molar refractivity (Wildman–Crippen MR) is 96.6 cm³/mol. The molecule has 1 aromatic carbocycles. The molecule has 0 aliphatic carbocycles. The molecule has 0 fully saturated rings. The van der Waals surface area contributed by atoms with Crippen LogP contribution in [-0.2, 0) is 15.7 Å². The molecule has 0 radical (unpaired) electrons. The maximum atomic E-state index is 13.8. The van der Waals surface area contributed by atoms with Gasteiger partial charge in [-0.3, -0.25) is 4.79 Å². The van der Waals surface area contributed by atoms with E-state index in [1.807, 2.05) is 0 Å². The van der Waals surface area contributed by atoms with E-state index in [2.05, 4.69) is 5.32 Å². The van der Waals surface area contributed by atoms with Gasteiger partial charge in [0.1, 0.15) is 11.2 Å². The number of aliphatic carboxylic acids is 1. The van der Waals surface area contributed by atoms with Crippen molar-refractivity contribution in [2.75, 3.05) is 13.7 Å². The van der Waals surface area contributed by atoms with Gasteiger partial charge in [0, 0.05) is 25.1 Å². The summed E-state index contributed by atoms with van der Waals surface area (Å²) < 4.78 is 99.2. The third-order valence-corrected chi connectivity index (χ3v) is 5.53. The number of hydrogen-bond acceptors (Lipinski definition) is 4. The molecule has 0 bridgehead atoms. The van der Waals surface area contributed by atoms with Gasteiger partial charge in [0.25, 0.3) is 0 Å². The van der Waals surface area contributed by atoms with Gasteiger partial charge in [-0.15, -0.1) is 0 Å². The lowest BCUT2D eigenvalue weighted by Crippen LogP contribution is -2.59. The average molecular weight is 468 g/mol. The monoisotopic (exact) mass is 468 g/mol. The molecular weight excluding hydrogens is 449 g/mol. The molecule has 2 N–H and O–H groups in total. The fourth-order valence-corrected chi connectivity index (χ4v) is 4.15. The fourth-order valence-electron chi connectivity index (χ4n) is 4.15. The van der Waals surface area contributed by atoms with Gasteiger partial charge in [-0.05, 0) is 31.0 Å². The summed E-state index contributed by atoms with van der Waals surface area (Å²) in [6, 6.07) is 1.65. The van der Waals surface area contributed by atoms with Crippen LogP contribution in [0.2, 0.25) is 0 Å². The van der Waals surface area contributed by atoms with Crippen LogP contribution in [0.25, 0.3) is 0 Å². The zero-order chi connectivity index (χ0) is 24.5. The maximum Gasteiger partial charge on any atom is 0.416 e. The Kier molecular flexibility index (Phi) is 7.14. The number of hydrogen-bond donors (Lipinski definition) is 2. The van der Waals surface area contributed by atoms with Gasteiger partial charge < -0.3 is 15.2 Å². The Labute approximate surface area is 178 Å². The molecule has 1 aliphatic rings. The summed E-state index contributed by atoms with van der Waals surface area (Å²) in [4.78, 5) is 12.5. The lowest BCUT2D eigenvalue weighted by molar-refractivity contribution is -0.164. The topological polar surface area (TPSA) is 82.3 Å². The summed E-state index contributed by atoms with van der Waals surface area (Å²) >= 11 is 0. The number of nitrogens with one attached hydrogen (secondary N) is 1. The number of alkyl halides is 6. The highest BCUT2D eigenvalue weighted by molar-refractivity contribution is 5.80. The van der Waals surface area contributed by atoms with Gasteiger partial charge in [-0.25, -0.2) is 4.39 Å². The lowest BCUT2D eigenvalue weighted by Gasteiger charge is -2.48. The first-order valence-electron chi connectivity index (χ1n) is 9.22. The summed E-state index contributed by atoms with van der Waals surface area (Å²) in [6.07, 6.45) is -12.8. The number of nitrogens with zero attached hydrogens (tertiary/aromatic N) is 1. The summed E-state index contributed by atoms with van der Waals surface area (Å²) in [6.45, 7) is 0.819. The van der Waals surface area contributed by atoms with Crippen LogP contribution in [0.5, 0.6) is 0 Å². The van der Waals surface area contributed by atoms with Crippen LogP contribution in [0, 0.1) is 22.6 Å². The molecular formula is C20H19F7N2O3. The molecule has 176 valence electrons. The number of nitriles is 1. The van der Waals surface area contributed by atoms with Crippen LogP contribution in [-0.4, -0.2) is 37.0 Å². The van der Waals surface area contributed by atoms with Crippen LogP contribution in [0.3, 0.4) is 0 Å². The zero-order valence-corrected chi connectivity index (χ0v) is 16.9. The van der Waals surface area contributed by atoms with Gasteiger partial charge in [0.15, 0.2) is 0 Å². The molecule has 5 nitrogen and oxygen atoms in total. The number of carboxylic acids is 1. The number of benzene rings is 1. The molecule has 3 atom stereocenters. The highest BCUT2D eigenvalue weighted by atomic mass is 19.4. The molecule has 0 amide bonds. The Hall–Kier alpha value is -2.81. The summed E-state index contributed by atoms with van der Waals surface area (Å²) in [7, 11) is 1.14. The van der Waals surface area contributed by atoms with Crippen LogP contribution < -0.4 is 5.32 Å². The molecule has 3 unspecified atom stereocenters. The van der Waals surface area contributed by atoms with E-state index in [-0.39, 0.29) is 11.8 Å². The van der Waals surface area contributed by atoms with Crippen molar-refractivity contribution in [2.45, 2.75) is 44.1 Å². The second kappa shape index (κ2) is 8.97. The van der Waals surface area contributed by atoms with Crippen molar-refractivity contribution in [2.24, 2.45) is 5.41 Å². The van der Waals surface area contributed by atoms with Crippen molar-refractivity contribution in [1.82, 2.24) is 5.32 Å². The van der Waals surface area contributed by atoms with Gasteiger partial charge in [-0.2, -0.15) is 31.6 Å². The van der Waals surface area contributed by atoms with Crippen LogP contribution in [0.15, 0.2) is 29.5 Å². The number of carbonyl (C=O) groups is 1. The Balaban J connectivity index is 2.94. The molecule has 2 rings (SSSR count). The quantitative estimate of drug-likeness (QED) is 0.589. The van der Waals surface area contributed by atoms with Crippen LogP contribution in [0.4, 0.5) is 30.7 Å². The number of halogens is 7. The lowest BCUT2D eigenvalue weighted by atomic mass is 9.59. The Morgan fingerprint density at radius 1 is 1.28 bits per heavy atom. The number of rotatable bonds is 6. The maximum absolute atomic E-state index is 13.8. The van der Waals surface area contributed by atoms with Crippen LogP contribution in [0.1, 0.15) is 36.8 Å². The van der Waals surface area contributed by atoms with E-state index in [4.69, 9.17) is 4.74 Å². The minimum atomic E-state index is -5.16. The Morgan fingerprint density at radius 3 is 2.38 bits per heavy atom. The molecule has 12 heteroatoms. The van der Waals surface area contributed by atoms with Crippen molar-refractivity contribution in [3.8, 4) is 6.07 Å². The number of allylic oxidation sites excluding steroid dienone is 2. The predicted octanol–water partition coefficient (Wildman–Crippen LogP) is 4.76. The van der Waals surface area contributed by atoms with Gasteiger partial charge in [0.2, 0.25) is 0 Å². The standard InChI is InChI=1S/C20H19F7N2O3/c1-10-13(8-28)16(12-4-3-11(21)7-14(12)20(25,26)27)18(17(30)31,5-6-19(22,23)24)15(29-10)9-32-2/h3-4,7,15-16,29H,5-6,9H2,1-2H3,(H,30,31). The van der Waals surface area contributed by atoms with Gasteiger partial charge in [-0.1, -0.05) is 6.07 Å². The largest absolute Gasteiger partial charge is 0.481 e. The number of carboxylic acid groups (broad SMARTS) is 1. The minimum absolute atomic E-state index is 0.0131. The van der Waals surface area contributed by atoms with Gasteiger partial charge >= 0.3 is 18.3 Å². The van der Waals surface area contributed by atoms with E-state index in [1.54, 1.807) is 6.07 Å². The van der Waals surface area contributed by atoms with Crippen molar-refractivity contribution in [3.05, 3.63) is 46.4 Å². The van der Waals surface area contributed by atoms with Crippen molar-refractivity contribution in [1.29, 1.82) is 5.26 Å². The first-order valence-corrected chi connectivity index (χ1v) is 9.22. The summed E-state index contributed by atoms with van der Waals surface area (Å²) in [5.74, 6) is -5.08. The van der Waals surface area contributed by atoms with Crippen molar-refractivity contribution >= 4 is 5.97 Å². The highest BCUT2D eigenvalue weighted by Crippen LogP contribution is 2.54. The minimum Gasteiger partial charge on any atom is -0.481 e. The van der Waals surface area contributed by atoms with Crippen molar-refractivity contribution in [3.63, 3.8) is 0 Å².